The van der Waals surface area contributed by atoms with Crippen molar-refractivity contribution < 1.29 is 19.1 Å². The standard InChI is InChI=1S/C28H35N3O2.C27H33N3O2/c1-3-33-23-16-14-21(15-17-23)27-20-25(24-12-7-8-13-26(24)30-27)28(32)29-18-9-19-31(2)22-10-5-4-6-11-22;1-2-32-22-14-12-21(13-15-22)26-20-24(23-10-5-6-11-25(23)29-26)27(31)28-16-9-19-30-17-7-3-4-8-18-30/h7-8,12-17,20,22H,3-6,9-11,18-19H2,1-2H3,(H,29,32);5-6,10-15,20H,2-4,7-9,16-19H2,1H3,(H,28,31). The molecule has 0 atom stereocenters. The summed E-state index contributed by atoms with van der Waals surface area (Å²) in [5, 5.41) is 8.04. The molecule has 0 bridgehead atoms. The number of hydrogen-bond donors (Lipinski definition) is 2. The van der Waals surface area contributed by atoms with Gasteiger partial charge in [-0.25, -0.2) is 9.97 Å². The highest BCUT2D eigenvalue weighted by molar-refractivity contribution is 6.08. The fourth-order valence-electron chi connectivity index (χ4n) is 9.09. The van der Waals surface area contributed by atoms with Gasteiger partial charge in [0, 0.05) is 41.0 Å². The lowest BCUT2D eigenvalue weighted by atomic mass is 9.94. The van der Waals surface area contributed by atoms with Crippen LogP contribution >= 0.6 is 0 Å². The van der Waals surface area contributed by atoms with Crippen LogP contribution in [0.3, 0.4) is 0 Å². The summed E-state index contributed by atoms with van der Waals surface area (Å²) in [6.45, 7) is 11.0. The molecule has 1 saturated heterocycles. The van der Waals surface area contributed by atoms with E-state index in [0.717, 1.165) is 81.8 Å². The minimum atomic E-state index is -0.0406. The number of rotatable bonds is 17. The second-order valence-corrected chi connectivity index (χ2v) is 17.3. The normalized spacial score (nSPS) is 14.6. The van der Waals surface area contributed by atoms with Gasteiger partial charge in [-0.2, -0.15) is 0 Å². The van der Waals surface area contributed by atoms with Gasteiger partial charge in [0.15, 0.2) is 0 Å². The van der Waals surface area contributed by atoms with E-state index in [9.17, 15) is 9.59 Å². The molecule has 0 unspecified atom stereocenters. The minimum Gasteiger partial charge on any atom is -0.494 e. The van der Waals surface area contributed by atoms with Crippen molar-refractivity contribution in [2.24, 2.45) is 0 Å². The predicted molar refractivity (Wildman–Crippen MR) is 265 cm³/mol. The number of fused-ring (bicyclic) bond motifs is 2. The van der Waals surface area contributed by atoms with Crippen molar-refractivity contribution in [3.63, 3.8) is 0 Å². The molecule has 1 aliphatic carbocycles. The molecule has 10 heteroatoms. The van der Waals surface area contributed by atoms with Crippen LogP contribution in [-0.4, -0.2) is 97.2 Å². The van der Waals surface area contributed by atoms with Gasteiger partial charge in [-0.1, -0.05) is 68.5 Å². The molecule has 2 aromatic heterocycles. The number of likely N-dealkylation sites (tertiary alicyclic amines) is 1. The maximum Gasteiger partial charge on any atom is 0.252 e. The van der Waals surface area contributed by atoms with Gasteiger partial charge < -0.3 is 29.9 Å². The second kappa shape index (κ2) is 24.4. The van der Waals surface area contributed by atoms with Crippen LogP contribution in [0.1, 0.15) is 105 Å². The lowest BCUT2D eigenvalue weighted by molar-refractivity contribution is 0.0944. The van der Waals surface area contributed by atoms with Gasteiger partial charge in [0.1, 0.15) is 11.5 Å². The molecule has 0 radical (unpaired) electrons. The number of carbonyl (C=O) groups is 2. The average molecular weight is 877 g/mol. The van der Waals surface area contributed by atoms with Gasteiger partial charge in [-0.05, 0) is 158 Å². The summed E-state index contributed by atoms with van der Waals surface area (Å²) in [5.74, 6) is 1.59. The van der Waals surface area contributed by atoms with Crippen LogP contribution in [0.2, 0.25) is 0 Å². The average Bonchev–Trinajstić information content (AvgIpc) is 3.63. The van der Waals surface area contributed by atoms with Crippen molar-refractivity contribution in [3.05, 3.63) is 120 Å². The first-order chi connectivity index (χ1) is 31.9. The van der Waals surface area contributed by atoms with Crippen LogP contribution < -0.4 is 20.1 Å². The topological polar surface area (TPSA) is 109 Å². The van der Waals surface area contributed by atoms with Crippen molar-refractivity contribution in [2.75, 3.05) is 59.5 Å². The molecule has 6 aromatic rings. The Morgan fingerprint density at radius 2 is 1.08 bits per heavy atom. The maximum absolute atomic E-state index is 13.2. The highest BCUT2D eigenvalue weighted by atomic mass is 16.5. The van der Waals surface area contributed by atoms with Gasteiger partial charge >= 0.3 is 0 Å². The summed E-state index contributed by atoms with van der Waals surface area (Å²) in [4.78, 5) is 40.9. The van der Waals surface area contributed by atoms with Crippen LogP contribution in [0.5, 0.6) is 11.5 Å². The first-order valence-corrected chi connectivity index (χ1v) is 24.1. The molecular weight excluding hydrogens is 809 g/mol. The Morgan fingerprint density at radius 3 is 1.57 bits per heavy atom. The quantitative estimate of drug-likeness (QED) is 0.0872. The van der Waals surface area contributed by atoms with Crippen molar-refractivity contribution >= 4 is 33.6 Å². The second-order valence-electron chi connectivity index (χ2n) is 17.3. The lowest BCUT2D eigenvalue weighted by Crippen LogP contribution is -2.35. The van der Waals surface area contributed by atoms with E-state index in [0.29, 0.717) is 43.5 Å². The van der Waals surface area contributed by atoms with Gasteiger partial charge in [0.25, 0.3) is 11.8 Å². The van der Waals surface area contributed by atoms with Crippen LogP contribution in [0.15, 0.2) is 109 Å². The lowest BCUT2D eigenvalue weighted by Gasteiger charge is -2.31. The number of benzene rings is 4. The largest absolute Gasteiger partial charge is 0.494 e. The monoisotopic (exact) mass is 877 g/mol. The first-order valence-electron chi connectivity index (χ1n) is 24.1. The summed E-state index contributed by atoms with van der Waals surface area (Å²) in [6.07, 6.45) is 13.9. The van der Waals surface area contributed by atoms with Gasteiger partial charge in [0.2, 0.25) is 0 Å². The molecule has 1 saturated carbocycles. The number of para-hydroxylation sites is 2. The fourth-order valence-corrected chi connectivity index (χ4v) is 9.09. The molecule has 2 fully saturated rings. The van der Waals surface area contributed by atoms with Crippen molar-refractivity contribution in [2.45, 2.75) is 90.5 Å². The zero-order chi connectivity index (χ0) is 45.2. The molecular formula is C55H68N6O4. The Morgan fingerprint density at radius 1 is 0.615 bits per heavy atom. The SMILES string of the molecule is CCOc1ccc(-c2cc(C(=O)NCCCN(C)C3CCCCC3)c3ccccc3n2)cc1.CCOc1ccc(-c2cc(C(=O)NCCCN3CCCCCC3)c3ccccc3n2)cc1. The molecule has 3 heterocycles. The molecule has 2 amide bonds. The van der Waals surface area contributed by atoms with Crippen LogP contribution in [-0.2, 0) is 0 Å². The van der Waals surface area contributed by atoms with Gasteiger partial charge in [0.05, 0.1) is 46.8 Å². The molecule has 65 heavy (non-hydrogen) atoms. The Labute approximate surface area is 386 Å². The van der Waals surface area contributed by atoms with Gasteiger partial charge in [-0.15, -0.1) is 0 Å². The molecule has 8 rings (SSSR count). The molecule has 2 N–H and O–H groups in total. The third-order valence-corrected chi connectivity index (χ3v) is 12.7. The number of hydrogen-bond acceptors (Lipinski definition) is 8. The molecule has 0 spiro atoms. The smallest absolute Gasteiger partial charge is 0.252 e. The molecule has 10 nitrogen and oxygen atoms in total. The highest BCUT2D eigenvalue weighted by Crippen LogP contribution is 2.29. The van der Waals surface area contributed by atoms with E-state index in [1.54, 1.807) is 0 Å². The predicted octanol–water partition coefficient (Wildman–Crippen LogP) is 11.0. The zero-order valence-corrected chi connectivity index (χ0v) is 38.8. The number of amides is 2. The highest BCUT2D eigenvalue weighted by Gasteiger charge is 2.19. The summed E-state index contributed by atoms with van der Waals surface area (Å²) < 4.78 is 11.1. The number of pyridine rings is 2. The Balaban J connectivity index is 0.000000194. The fraction of sp³-hybridized carbons (Fsp3) is 0.418. The number of nitrogens with zero attached hydrogens (tertiary/aromatic N) is 4. The van der Waals surface area contributed by atoms with E-state index in [4.69, 9.17) is 19.4 Å². The third kappa shape index (κ3) is 13.4. The van der Waals surface area contributed by atoms with E-state index in [1.807, 2.05) is 123 Å². The Kier molecular flexibility index (Phi) is 17.7. The van der Waals surface area contributed by atoms with E-state index in [1.165, 1.54) is 70.9 Å². The van der Waals surface area contributed by atoms with Crippen molar-refractivity contribution in [1.82, 2.24) is 30.4 Å². The maximum atomic E-state index is 13.2. The van der Waals surface area contributed by atoms with Crippen molar-refractivity contribution in [3.8, 4) is 34.0 Å². The van der Waals surface area contributed by atoms with Gasteiger partial charge in [-0.3, -0.25) is 9.59 Å². The van der Waals surface area contributed by atoms with Crippen molar-refractivity contribution in [1.29, 1.82) is 0 Å². The minimum absolute atomic E-state index is 0.0355. The Bertz CT molecular complexity index is 2420. The van der Waals surface area contributed by atoms with E-state index in [2.05, 4.69) is 27.5 Å². The number of nitrogens with one attached hydrogen (secondary N) is 2. The molecule has 2 aliphatic rings. The zero-order valence-electron chi connectivity index (χ0n) is 38.8. The van der Waals surface area contributed by atoms with E-state index >= 15 is 0 Å². The molecule has 1 aliphatic heterocycles. The summed E-state index contributed by atoms with van der Waals surface area (Å²) in [7, 11) is 2.22. The van der Waals surface area contributed by atoms with Crippen LogP contribution in [0.25, 0.3) is 44.3 Å². The first kappa shape index (κ1) is 47.1. The van der Waals surface area contributed by atoms with Crippen LogP contribution in [0.4, 0.5) is 0 Å². The van der Waals surface area contributed by atoms with Crippen LogP contribution in [0, 0.1) is 0 Å². The summed E-state index contributed by atoms with van der Waals surface area (Å²) in [5.41, 5.74) is 6.52. The summed E-state index contributed by atoms with van der Waals surface area (Å²) in [6, 6.07) is 35.9. The molecule has 4 aromatic carbocycles. The Hall–Kier alpha value is -5.84. The number of carbonyl (C=O) groups excluding carboxylic acids is 2. The van der Waals surface area contributed by atoms with E-state index < -0.39 is 0 Å². The number of aromatic nitrogens is 2. The third-order valence-electron chi connectivity index (χ3n) is 12.7. The van der Waals surface area contributed by atoms with E-state index in [-0.39, 0.29) is 11.8 Å². The summed E-state index contributed by atoms with van der Waals surface area (Å²) >= 11 is 0. The molecule has 342 valence electrons. The number of ether oxygens (including phenoxy) is 2.